The van der Waals surface area contributed by atoms with Crippen molar-refractivity contribution in [3.05, 3.63) is 75.1 Å². The molecule has 3 aromatic rings. The van der Waals surface area contributed by atoms with Crippen molar-refractivity contribution in [2.24, 2.45) is 4.99 Å². The molecular formula is C17H12BrNO2. The summed E-state index contributed by atoms with van der Waals surface area (Å²) in [6.45, 7) is 1.81. The van der Waals surface area contributed by atoms with E-state index < -0.39 is 0 Å². The van der Waals surface area contributed by atoms with Crippen molar-refractivity contribution in [2.45, 2.75) is 6.92 Å². The number of fused-ring (bicyclic) bond motifs is 1. The summed E-state index contributed by atoms with van der Waals surface area (Å²) in [4.78, 5) is 16.6. The predicted octanol–water partition coefficient (Wildman–Crippen LogP) is 4.70. The highest BCUT2D eigenvalue weighted by Gasteiger charge is 2.08. The normalized spacial score (nSPS) is 11.8. The van der Waals surface area contributed by atoms with Gasteiger partial charge in [-0.15, -0.1) is 0 Å². The fraction of sp³-hybridized carbons (Fsp3) is 0.0588. The van der Waals surface area contributed by atoms with Crippen LogP contribution in [0.2, 0.25) is 0 Å². The first-order chi connectivity index (χ1) is 10.1. The molecule has 0 bridgehead atoms. The van der Waals surface area contributed by atoms with Gasteiger partial charge in [0, 0.05) is 9.86 Å². The third kappa shape index (κ3) is 2.81. The van der Waals surface area contributed by atoms with Crippen LogP contribution in [-0.2, 0) is 0 Å². The smallest absolute Gasteiger partial charge is 0.345 e. The van der Waals surface area contributed by atoms with Crippen LogP contribution >= 0.6 is 15.9 Å². The number of para-hydroxylation sites is 2. The van der Waals surface area contributed by atoms with Crippen molar-refractivity contribution in [1.82, 2.24) is 0 Å². The molecule has 3 rings (SSSR count). The van der Waals surface area contributed by atoms with Gasteiger partial charge >= 0.3 is 5.63 Å². The Morgan fingerprint density at radius 2 is 1.81 bits per heavy atom. The molecule has 0 amide bonds. The van der Waals surface area contributed by atoms with Crippen molar-refractivity contribution in [2.75, 3.05) is 0 Å². The molecule has 1 heterocycles. The Morgan fingerprint density at radius 3 is 2.62 bits per heavy atom. The molecule has 0 aliphatic heterocycles. The SMILES string of the molecule is CC(=Nc1ccccc1Br)c1cc2ccccc2oc1=O. The maximum atomic E-state index is 12.1. The lowest BCUT2D eigenvalue weighted by Gasteiger charge is -2.03. The van der Waals surface area contributed by atoms with Gasteiger partial charge in [-0.1, -0.05) is 30.3 Å². The molecule has 0 radical (unpaired) electrons. The molecule has 0 N–H and O–H groups in total. The number of halogens is 1. The summed E-state index contributed by atoms with van der Waals surface area (Å²) in [5.41, 5.74) is 2.09. The van der Waals surface area contributed by atoms with E-state index in [4.69, 9.17) is 4.42 Å². The van der Waals surface area contributed by atoms with Gasteiger partial charge in [-0.3, -0.25) is 4.99 Å². The van der Waals surface area contributed by atoms with Crippen LogP contribution in [0.5, 0.6) is 0 Å². The minimum Gasteiger partial charge on any atom is -0.422 e. The van der Waals surface area contributed by atoms with Gasteiger partial charge < -0.3 is 4.42 Å². The van der Waals surface area contributed by atoms with Crippen molar-refractivity contribution in [3.8, 4) is 0 Å². The van der Waals surface area contributed by atoms with Crippen molar-refractivity contribution in [1.29, 1.82) is 0 Å². The first-order valence-electron chi connectivity index (χ1n) is 6.48. The summed E-state index contributed by atoms with van der Waals surface area (Å²) in [5.74, 6) is 0. The lowest BCUT2D eigenvalue weighted by molar-refractivity contribution is 0.559. The fourth-order valence-corrected chi connectivity index (χ4v) is 2.47. The molecule has 0 aliphatic carbocycles. The Labute approximate surface area is 130 Å². The van der Waals surface area contributed by atoms with E-state index >= 15 is 0 Å². The zero-order valence-corrected chi connectivity index (χ0v) is 12.9. The maximum absolute atomic E-state index is 12.1. The molecule has 0 atom stereocenters. The zero-order chi connectivity index (χ0) is 14.8. The highest BCUT2D eigenvalue weighted by Crippen LogP contribution is 2.25. The quantitative estimate of drug-likeness (QED) is 0.501. The maximum Gasteiger partial charge on any atom is 0.345 e. The number of hydrogen-bond acceptors (Lipinski definition) is 3. The summed E-state index contributed by atoms with van der Waals surface area (Å²) >= 11 is 3.45. The van der Waals surface area contributed by atoms with Gasteiger partial charge in [0.15, 0.2) is 0 Å². The summed E-state index contributed by atoms with van der Waals surface area (Å²) in [6, 6.07) is 16.9. The minimum atomic E-state index is -0.373. The van der Waals surface area contributed by atoms with E-state index in [0.29, 0.717) is 16.9 Å². The lowest BCUT2D eigenvalue weighted by Crippen LogP contribution is -2.11. The van der Waals surface area contributed by atoms with Crippen LogP contribution in [0.1, 0.15) is 12.5 Å². The molecule has 21 heavy (non-hydrogen) atoms. The van der Waals surface area contributed by atoms with Gasteiger partial charge in [-0.2, -0.15) is 0 Å². The molecule has 4 heteroatoms. The van der Waals surface area contributed by atoms with Crippen LogP contribution in [0.4, 0.5) is 5.69 Å². The van der Waals surface area contributed by atoms with Crippen LogP contribution in [0.15, 0.2) is 73.3 Å². The Kier molecular flexibility index (Phi) is 3.71. The lowest BCUT2D eigenvalue weighted by atomic mass is 10.1. The number of rotatable bonds is 2. The Bertz CT molecular complexity index is 896. The molecule has 0 aliphatic rings. The van der Waals surface area contributed by atoms with Crippen LogP contribution in [0.3, 0.4) is 0 Å². The largest absolute Gasteiger partial charge is 0.422 e. The first kappa shape index (κ1) is 13.8. The van der Waals surface area contributed by atoms with E-state index in [1.165, 1.54) is 0 Å². The Balaban J connectivity index is 2.13. The topological polar surface area (TPSA) is 42.6 Å². The van der Waals surface area contributed by atoms with Crippen molar-refractivity contribution < 1.29 is 4.42 Å². The predicted molar refractivity (Wildman–Crippen MR) is 88.5 cm³/mol. The van der Waals surface area contributed by atoms with Gasteiger partial charge in [0.1, 0.15) is 5.58 Å². The van der Waals surface area contributed by atoms with Gasteiger partial charge in [-0.25, -0.2) is 4.79 Å². The zero-order valence-electron chi connectivity index (χ0n) is 11.3. The highest BCUT2D eigenvalue weighted by atomic mass is 79.9. The van der Waals surface area contributed by atoms with Crippen LogP contribution < -0.4 is 5.63 Å². The average molecular weight is 342 g/mol. The van der Waals surface area contributed by atoms with E-state index in [1.54, 1.807) is 13.0 Å². The third-order valence-electron chi connectivity index (χ3n) is 3.17. The summed E-state index contributed by atoms with van der Waals surface area (Å²) in [6.07, 6.45) is 0. The second kappa shape index (κ2) is 5.66. The second-order valence-electron chi connectivity index (χ2n) is 4.63. The van der Waals surface area contributed by atoms with Gasteiger partial charge in [0.2, 0.25) is 0 Å². The van der Waals surface area contributed by atoms with Gasteiger partial charge in [0.05, 0.1) is 17.0 Å². The Hall–Kier alpha value is -2.20. The van der Waals surface area contributed by atoms with Gasteiger partial charge in [0.25, 0.3) is 0 Å². The van der Waals surface area contributed by atoms with E-state index in [-0.39, 0.29) is 5.63 Å². The molecule has 1 aromatic heterocycles. The molecule has 2 aromatic carbocycles. The summed E-state index contributed by atoms with van der Waals surface area (Å²) < 4.78 is 6.22. The molecule has 0 saturated carbocycles. The number of hydrogen-bond donors (Lipinski definition) is 0. The number of aliphatic imine (C=N–C) groups is 1. The standard InChI is InChI=1S/C17H12BrNO2/c1-11(19-15-8-4-3-7-14(15)18)13-10-12-6-2-5-9-16(12)21-17(13)20/h2-10H,1H3. The number of nitrogens with zero attached hydrogens (tertiary/aromatic N) is 1. The molecule has 3 nitrogen and oxygen atoms in total. The van der Waals surface area contributed by atoms with E-state index in [2.05, 4.69) is 20.9 Å². The third-order valence-corrected chi connectivity index (χ3v) is 3.84. The molecule has 104 valence electrons. The monoisotopic (exact) mass is 341 g/mol. The number of benzene rings is 2. The van der Waals surface area contributed by atoms with E-state index in [1.807, 2.05) is 48.5 Å². The first-order valence-corrected chi connectivity index (χ1v) is 7.27. The molecule has 0 saturated heterocycles. The fourth-order valence-electron chi connectivity index (χ4n) is 2.10. The van der Waals surface area contributed by atoms with Crippen LogP contribution in [-0.4, -0.2) is 5.71 Å². The highest BCUT2D eigenvalue weighted by molar-refractivity contribution is 9.10. The summed E-state index contributed by atoms with van der Waals surface area (Å²) in [5, 5.41) is 0.883. The second-order valence-corrected chi connectivity index (χ2v) is 5.49. The van der Waals surface area contributed by atoms with Crippen LogP contribution in [0.25, 0.3) is 11.0 Å². The molecule has 0 fully saturated rings. The Morgan fingerprint density at radius 1 is 1.10 bits per heavy atom. The van der Waals surface area contributed by atoms with Crippen molar-refractivity contribution >= 4 is 38.3 Å². The van der Waals surface area contributed by atoms with Gasteiger partial charge in [-0.05, 0) is 47.1 Å². The van der Waals surface area contributed by atoms with Crippen molar-refractivity contribution in [3.63, 3.8) is 0 Å². The minimum absolute atomic E-state index is 0.373. The van der Waals surface area contributed by atoms with E-state index in [9.17, 15) is 4.79 Å². The molecule has 0 unspecified atom stereocenters. The molecular weight excluding hydrogens is 330 g/mol. The molecule has 0 spiro atoms. The average Bonchev–Trinajstić information content (AvgIpc) is 2.49. The summed E-state index contributed by atoms with van der Waals surface area (Å²) in [7, 11) is 0. The van der Waals surface area contributed by atoms with E-state index in [0.717, 1.165) is 15.5 Å². The van der Waals surface area contributed by atoms with Crippen LogP contribution in [0, 0.1) is 0 Å².